The van der Waals surface area contributed by atoms with Crippen LogP contribution in [0.5, 0.6) is 0 Å². The molecule has 4 heteroatoms. The van der Waals surface area contributed by atoms with Gasteiger partial charge in [-0.2, -0.15) is 0 Å². The standard InChI is InChI=1S/C12H25N3O/c1-3-10(13)8-12(16)14-11-6-5-7-15(4-2)9-11/h10-11H,3-9,13H2,1-2H3,(H,14,16). The minimum atomic E-state index is 0.00543. The zero-order valence-corrected chi connectivity index (χ0v) is 10.5. The van der Waals surface area contributed by atoms with E-state index in [1.807, 2.05) is 6.92 Å². The van der Waals surface area contributed by atoms with Gasteiger partial charge in [-0.25, -0.2) is 0 Å². The molecule has 2 atom stereocenters. The zero-order chi connectivity index (χ0) is 12.0. The highest BCUT2D eigenvalue weighted by Crippen LogP contribution is 2.09. The molecule has 1 aliphatic heterocycles. The predicted octanol–water partition coefficient (Wildman–Crippen LogP) is 0.714. The van der Waals surface area contributed by atoms with Crippen LogP contribution in [0.15, 0.2) is 0 Å². The second-order valence-electron chi connectivity index (χ2n) is 4.67. The van der Waals surface area contributed by atoms with Crippen molar-refractivity contribution < 1.29 is 4.79 Å². The van der Waals surface area contributed by atoms with Crippen LogP contribution in [0.1, 0.15) is 39.5 Å². The molecule has 1 amide bonds. The number of amides is 1. The first-order valence-electron chi connectivity index (χ1n) is 6.43. The topological polar surface area (TPSA) is 58.4 Å². The second kappa shape index (κ2) is 6.86. The number of nitrogens with two attached hydrogens (primary N) is 1. The third-order valence-electron chi connectivity index (χ3n) is 3.29. The van der Waals surface area contributed by atoms with E-state index < -0.39 is 0 Å². The Labute approximate surface area is 98.6 Å². The van der Waals surface area contributed by atoms with Crippen molar-refractivity contribution in [2.75, 3.05) is 19.6 Å². The van der Waals surface area contributed by atoms with Gasteiger partial charge in [-0.15, -0.1) is 0 Å². The van der Waals surface area contributed by atoms with E-state index in [4.69, 9.17) is 5.73 Å². The first-order valence-corrected chi connectivity index (χ1v) is 6.43. The molecule has 3 N–H and O–H groups in total. The van der Waals surface area contributed by atoms with Crippen molar-refractivity contribution in [2.24, 2.45) is 5.73 Å². The van der Waals surface area contributed by atoms with Crippen LogP contribution in [-0.2, 0) is 4.79 Å². The van der Waals surface area contributed by atoms with Crippen LogP contribution < -0.4 is 11.1 Å². The van der Waals surface area contributed by atoms with Crippen molar-refractivity contribution in [2.45, 2.75) is 51.6 Å². The van der Waals surface area contributed by atoms with Crippen LogP contribution in [0.3, 0.4) is 0 Å². The second-order valence-corrected chi connectivity index (χ2v) is 4.67. The van der Waals surface area contributed by atoms with Gasteiger partial charge in [0.1, 0.15) is 0 Å². The highest BCUT2D eigenvalue weighted by atomic mass is 16.1. The van der Waals surface area contributed by atoms with Gasteiger partial charge in [0.2, 0.25) is 5.91 Å². The molecule has 94 valence electrons. The lowest BCUT2D eigenvalue weighted by Crippen LogP contribution is -2.48. The van der Waals surface area contributed by atoms with Crippen molar-refractivity contribution in [1.82, 2.24) is 10.2 Å². The molecule has 0 aromatic heterocycles. The van der Waals surface area contributed by atoms with Gasteiger partial charge >= 0.3 is 0 Å². The summed E-state index contributed by atoms with van der Waals surface area (Å²) >= 11 is 0. The van der Waals surface area contributed by atoms with Crippen molar-refractivity contribution in [1.29, 1.82) is 0 Å². The molecule has 16 heavy (non-hydrogen) atoms. The van der Waals surface area contributed by atoms with Crippen LogP contribution in [0.4, 0.5) is 0 Å². The lowest BCUT2D eigenvalue weighted by atomic mass is 10.0. The van der Waals surface area contributed by atoms with E-state index in [0.717, 1.165) is 32.5 Å². The molecule has 0 aromatic carbocycles. The van der Waals surface area contributed by atoms with Gasteiger partial charge in [0.15, 0.2) is 0 Å². The molecular weight excluding hydrogens is 202 g/mol. The van der Waals surface area contributed by atoms with Gasteiger partial charge in [0.05, 0.1) is 0 Å². The fourth-order valence-corrected chi connectivity index (χ4v) is 2.13. The van der Waals surface area contributed by atoms with Crippen LogP contribution in [0.25, 0.3) is 0 Å². The molecule has 1 saturated heterocycles. The quantitative estimate of drug-likeness (QED) is 0.727. The Hall–Kier alpha value is -0.610. The van der Waals surface area contributed by atoms with E-state index >= 15 is 0 Å². The Bertz CT molecular complexity index is 220. The summed E-state index contributed by atoms with van der Waals surface area (Å²) < 4.78 is 0. The number of likely N-dealkylation sites (N-methyl/N-ethyl adjacent to an activating group) is 1. The summed E-state index contributed by atoms with van der Waals surface area (Å²) in [4.78, 5) is 14.0. The molecule has 4 nitrogen and oxygen atoms in total. The average Bonchev–Trinajstić information content (AvgIpc) is 2.28. The summed E-state index contributed by atoms with van der Waals surface area (Å²) in [7, 11) is 0. The van der Waals surface area contributed by atoms with Crippen molar-refractivity contribution in [3.05, 3.63) is 0 Å². The number of carbonyl (C=O) groups is 1. The smallest absolute Gasteiger partial charge is 0.221 e. The number of rotatable bonds is 5. The summed E-state index contributed by atoms with van der Waals surface area (Å²) in [6, 6.07) is 0.330. The highest BCUT2D eigenvalue weighted by Gasteiger charge is 2.20. The maximum absolute atomic E-state index is 11.7. The van der Waals surface area contributed by atoms with Gasteiger partial charge in [0.25, 0.3) is 0 Å². The molecule has 1 fully saturated rings. The van der Waals surface area contributed by atoms with Crippen LogP contribution in [0, 0.1) is 0 Å². The Morgan fingerprint density at radius 2 is 2.31 bits per heavy atom. The molecule has 1 aliphatic rings. The lowest BCUT2D eigenvalue weighted by Gasteiger charge is -2.32. The molecular formula is C12H25N3O. The molecule has 1 rings (SSSR count). The Morgan fingerprint density at radius 1 is 1.56 bits per heavy atom. The lowest BCUT2D eigenvalue weighted by molar-refractivity contribution is -0.122. The van der Waals surface area contributed by atoms with Crippen LogP contribution in [0.2, 0.25) is 0 Å². The number of hydrogen-bond acceptors (Lipinski definition) is 3. The number of nitrogens with zero attached hydrogens (tertiary/aromatic N) is 1. The fraction of sp³-hybridized carbons (Fsp3) is 0.917. The van der Waals surface area contributed by atoms with Gasteiger partial charge < -0.3 is 16.0 Å². The maximum Gasteiger partial charge on any atom is 0.221 e. The number of piperidine rings is 1. The summed E-state index contributed by atoms with van der Waals surface area (Å²) in [5.74, 6) is 0.109. The average molecular weight is 227 g/mol. The van der Waals surface area contributed by atoms with E-state index in [1.165, 1.54) is 6.42 Å². The molecule has 0 radical (unpaired) electrons. The molecule has 2 unspecified atom stereocenters. The van der Waals surface area contributed by atoms with E-state index in [0.29, 0.717) is 12.5 Å². The fourth-order valence-electron chi connectivity index (χ4n) is 2.13. The summed E-state index contributed by atoms with van der Waals surface area (Å²) in [5, 5.41) is 3.09. The number of hydrogen-bond donors (Lipinski definition) is 2. The Morgan fingerprint density at radius 3 is 2.94 bits per heavy atom. The molecule has 0 aromatic rings. The largest absolute Gasteiger partial charge is 0.352 e. The number of nitrogens with one attached hydrogen (secondary N) is 1. The first-order chi connectivity index (χ1) is 7.65. The summed E-state index contributed by atoms with van der Waals surface area (Å²) in [6.45, 7) is 7.40. The highest BCUT2D eigenvalue weighted by molar-refractivity contribution is 5.76. The van der Waals surface area contributed by atoms with Crippen LogP contribution in [-0.4, -0.2) is 42.5 Å². The van der Waals surface area contributed by atoms with Crippen molar-refractivity contribution in [3.63, 3.8) is 0 Å². The van der Waals surface area contributed by atoms with Crippen LogP contribution >= 0.6 is 0 Å². The van der Waals surface area contributed by atoms with E-state index in [1.54, 1.807) is 0 Å². The van der Waals surface area contributed by atoms with Gasteiger partial charge in [-0.1, -0.05) is 13.8 Å². The SMILES string of the molecule is CCC(N)CC(=O)NC1CCCN(CC)C1. The van der Waals surface area contributed by atoms with Gasteiger partial charge in [-0.3, -0.25) is 4.79 Å². The zero-order valence-electron chi connectivity index (χ0n) is 10.5. The van der Waals surface area contributed by atoms with Gasteiger partial charge in [-0.05, 0) is 32.4 Å². The molecule has 0 aliphatic carbocycles. The normalized spacial score (nSPS) is 24.1. The van der Waals surface area contributed by atoms with E-state index in [-0.39, 0.29) is 11.9 Å². The summed E-state index contributed by atoms with van der Waals surface area (Å²) in [6.07, 6.45) is 3.60. The monoisotopic (exact) mass is 227 g/mol. The van der Waals surface area contributed by atoms with E-state index in [2.05, 4.69) is 17.1 Å². The third-order valence-corrected chi connectivity index (χ3v) is 3.29. The third kappa shape index (κ3) is 4.49. The molecule has 0 spiro atoms. The number of likely N-dealkylation sites (tertiary alicyclic amines) is 1. The maximum atomic E-state index is 11.7. The molecule has 0 bridgehead atoms. The van der Waals surface area contributed by atoms with E-state index in [9.17, 15) is 4.79 Å². The first kappa shape index (κ1) is 13.5. The minimum Gasteiger partial charge on any atom is -0.352 e. The van der Waals surface area contributed by atoms with Gasteiger partial charge in [0, 0.05) is 25.0 Å². The Balaban J connectivity index is 2.27. The number of carbonyl (C=O) groups excluding carboxylic acids is 1. The van der Waals surface area contributed by atoms with Crippen molar-refractivity contribution >= 4 is 5.91 Å². The minimum absolute atomic E-state index is 0.00543. The predicted molar refractivity (Wildman–Crippen MR) is 66.2 cm³/mol. The molecule has 0 saturated carbocycles. The summed E-state index contributed by atoms with van der Waals surface area (Å²) in [5.41, 5.74) is 5.76. The van der Waals surface area contributed by atoms with Crippen molar-refractivity contribution in [3.8, 4) is 0 Å². The molecule has 1 heterocycles. The Kier molecular flexibility index (Phi) is 5.77.